The number of carbonyl (C=O) groups is 1. The van der Waals surface area contributed by atoms with Crippen LogP contribution in [0.25, 0.3) is 0 Å². The standard InChI is InChI=1S/C20H20ClN3O3/c1-26-18-7-13-5-6-24(11-15(13)8-19(18)27-2)12-20(25)23-16-4-3-14(10-22)17(21)9-16/h3-4,7-9H,5-6,11-12H2,1-2H3,(H,23,25). The second-order valence-corrected chi connectivity index (χ2v) is 6.70. The molecule has 0 aliphatic carbocycles. The molecule has 140 valence electrons. The molecule has 0 radical (unpaired) electrons. The molecular formula is C20H20ClN3O3. The summed E-state index contributed by atoms with van der Waals surface area (Å²) in [7, 11) is 3.24. The van der Waals surface area contributed by atoms with Crippen LogP contribution >= 0.6 is 11.6 Å². The molecule has 3 rings (SSSR count). The van der Waals surface area contributed by atoms with Crippen LogP contribution in [0.3, 0.4) is 0 Å². The number of benzene rings is 2. The summed E-state index contributed by atoms with van der Waals surface area (Å²) >= 11 is 6.01. The summed E-state index contributed by atoms with van der Waals surface area (Å²) in [5, 5.41) is 12.1. The summed E-state index contributed by atoms with van der Waals surface area (Å²) in [6.07, 6.45) is 0.839. The molecule has 0 fully saturated rings. The zero-order valence-electron chi connectivity index (χ0n) is 15.2. The van der Waals surface area contributed by atoms with Crippen molar-refractivity contribution in [2.24, 2.45) is 0 Å². The Morgan fingerprint density at radius 3 is 2.56 bits per heavy atom. The minimum absolute atomic E-state index is 0.125. The molecular weight excluding hydrogens is 366 g/mol. The van der Waals surface area contributed by atoms with Crippen LogP contribution in [0.2, 0.25) is 5.02 Å². The Hall–Kier alpha value is -2.75. The van der Waals surface area contributed by atoms with Gasteiger partial charge in [0.1, 0.15) is 6.07 Å². The second-order valence-electron chi connectivity index (χ2n) is 6.29. The van der Waals surface area contributed by atoms with Crippen molar-refractivity contribution in [3.8, 4) is 17.6 Å². The Bertz CT molecular complexity index is 908. The van der Waals surface area contributed by atoms with Crippen LogP contribution in [0.5, 0.6) is 11.5 Å². The predicted molar refractivity (Wildman–Crippen MR) is 103 cm³/mol. The molecule has 7 heteroatoms. The number of methoxy groups -OCH3 is 2. The zero-order valence-corrected chi connectivity index (χ0v) is 16.0. The van der Waals surface area contributed by atoms with E-state index in [2.05, 4.69) is 10.2 Å². The Morgan fingerprint density at radius 1 is 1.22 bits per heavy atom. The van der Waals surface area contributed by atoms with Crippen molar-refractivity contribution in [3.63, 3.8) is 0 Å². The molecule has 27 heavy (non-hydrogen) atoms. The number of halogens is 1. The van der Waals surface area contributed by atoms with Crippen LogP contribution in [0.15, 0.2) is 30.3 Å². The molecule has 2 aromatic carbocycles. The molecule has 0 atom stereocenters. The molecule has 1 aliphatic rings. The molecule has 0 aromatic heterocycles. The summed E-state index contributed by atoms with van der Waals surface area (Å²) < 4.78 is 10.7. The van der Waals surface area contributed by atoms with E-state index in [9.17, 15) is 4.79 Å². The lowest BCUT2D eigenvalue weighted by Gasteiger charge is -2.29. The van der Waals surface area contributed by atoms with Crippen LogP contribution in [0, 0.1) is 11.3 Å². The molecule has 1 aliphatic heterocycles. The highest BCUT2D eigenvalue weighted by molar-refractivity contribution is 6.32. The average Bonchev–Trinajstić information content (AvgIpc) is 2.66. The number of anilines is 1. The first kappa shape index (κ1) is 19.0. The lowest BCUT2D eigenvalue weighted by atomic mass is 9.99. The molecule has 0 saturated heterocycles. The number of hydrogen-bond acceptors (Lipinski definition) is 5. The van der Waals surface area contributed by atoms with Gasteiger partial charge >= 0.3 is 0 Å². The van der Waals surface area contributed by atoms with Gasteiger partial charge in [0.05, 0.1) is 31.4 Å². The van der Waals surface area contributed by atoms with Crippen LogP contribution in [0.4, 0.5) is 5.69 Å². The lowest BCUT2D eigenvalue weighted by Crippen LogP contribution is -2.37. The van der Waals surface area contributed by atoms with Crippen molar-refractivity contribution >= 4 is 23.2 Å². The molecule has 1 N–H and O–H groups in total. The summed E-state index contributed by atoms with van der Waals surface area (Å²) in [5.74, 6) is 1.29. The van der Waals surface area contributed by atoms with Gasteiger partial charge in [0.15, 0.2) is 11.5 Å². The highest BCUT2D eigenvalue weighted by Gasteiger charge is 2.21. The Kier molecular flexibility index (Phi) is 5.84. The summed E-state index contributed by atoms with van der Waals surface area (Å²) in [6, 6.07) is 10.8. The monoisotopic (exact) mass is 385 g/mol. The van der Waals surface area contributed by atoms with Crippen molar-refractivity contribution in [2.75, 3.05) is 32.6 Å². The van der Waals surface area contributed by atoms with E-state index in [0.717, 1.165) is 24.3 Å². The predicted octanol–water partition coefficient (Wildman–Crippen LogP) is 3.23. The van der Waals surface area contributed by atoms with Gasteiger partial charge in [-0.1, -0.05) is 11.6 Å². The van der Waals surface area contributed by atoms with E-state index in [1.165, 1.54) is 5.56 Å². The SMILES string of the molecule is COc1cc2c(cc1OC)CN(CC(=O)Nc1ccc(C#N)c(Cl)c1)CC2. The Morgan fingerprint density at radius 2 is 1.93 bits per heavy atom. The molecule has 0 saturated carbocycles. The number of nitrogens with zero attached hydrogens (tertiary/aromatic N) is 2. The van der Waals surface area contributed by atoms with E-state index < -0.39 is 0 Å². The first-order valence-corrected chi connectivity index (χ1v) is 8.87. The fourth-order valence-electron chi connectivity index (χ4n) is 3.16. The van der Waals surface area contributed by atoms with E-state index in [1.54, 1.807) is 32.4 Å². The summed E-state index contributed by atoms with van der Waals surface area (Å²) in [5.41, 5.74) is 3.30. The maximum absolute atomic E-state index is 12.4. The number of hydrogen-bond donors (Lipinski definition) is 1. The number of nitriles is 1. The normalized spacial score (nSPS) is 13.4. The number of nitrogens with one attached hydrogen (secondary N) is 1. The quantitative estimate of drug-likeness (QED) is 0.855. The number of rotatable bonds is 5. The smallest absolute Gasteiger partial charge is 0.238 e. The Labute approximate surface area is 163 Å². The summed E-state index contributed by atoms with van der Waals surface area (Å²) in [4.78, 5) is 14.5. The lowest BCUT2D eigenvalue weighted by molar-refractivity contribution is -0.117. The fraction of sp³-hybridized carbons (Fsp3) is 0.300. The van der Waals surface area contributed by atoms with Crippen molar-refractivity contribution < 1.29 is 14.3 Å². The van der Waals surface area contributed by atoms with E-state index in [0.29, 0.717) is 28.6 Å². The maximum atomic E-state index is 12.4. The van der Waals surface area contributed by atoms with E-state index in [1.807, 2.05) is 18.2 Å². The molecule has 2 aromatic rings. The van der Waals surface area contributed by atoms with Crippen molar-refractivity contribution in [2.45, 2.75) is 13.0 Å². The van der Waals surface area contributed by atoms with Gasteiger partial charge in [-0.25, -0.2) is 0 Å². The number of amides is 1. The van der Waals surface area contributed by atoms with Gasteiger partial charge in [-0.2, -0.15) is 5.26 Å². The van der Waals surface area contributed by atoms with Crippen LogP contribution in [-0.2, 0) is 17.8 Å². The third kappa shape index (κ3) is 4.33. The topological polar surface area (TPSA) is 74.6 Å². The van der Waals surface area contributed by atoms with E-state index in [-0.39, 0.29) is 12.5 Å². The first-order chi connectivity index (χ1) is 13.0. The Balaban J connectivity index is 1.65. The molecule has 1 heterocycles. The molecule has 0 bridgehead atoms. The van der Waals surface area contributed by atoms with Gasteiger partial charge in [-0.3, -0.25) is 9.69 Å². The average molecular weight is 386 g/mol. The number of fused-ring (bicyclic) bond motifs is 1. The maximum Gasteiger partial charge on any atom is 0.238 e. The summed E-state index contributed by atoms with van der Waals surface area (Å²) in [6.45, 7) is 1.71. The van der Waals surface area contributed by atoms with Gasteiger partial charge in [0.2, 0.25) is 5.91 Å². The van der Waals surface area contributed by atoms with Crippen molar-refractivity contribution in [1.29, 1.82) is 5.26 Å². The zero-order chi connectivity index (χ0) is 19.4. The molecule has 0 unspecified atom stereocenters. The largest absolute Gasteiger partial charge is 0.493 e. The molecule has 1 amide bonds. The van der Waals surface area contributed by atoms with Gasteiger partial charge in [-0.05, 0) is 47.9 Å². The minimum atomic E-state index is -0.125. The van der Waals surface area contributed by atoms with Gasteiger partial charge in [-0.15, -0.1) is 0 Å². The first-order valence-electron chi connectivity index (χ1n) is 8.49. The third-order valence-electron chi connectivity index (χ3n) is 4.54. The number of ether oxygens (including phenoxy) is 2. The molecule has 0 spiro atoms. The second kappa shape index (κ2) is 8.30. The van der Waals surface area contributed by atoms with E-state index >= 15 is 0 Å². The highest BCUT2D eigenvalue weighted by Crippen LogP contribution is 2.33. The van der Waals surface area contributed by atoms with Crippen molar-refractivity contribution in [1.82, 2.24) is 4.90 Å². The van der Waals surface area contributed by atoms with Crippen LogP contribution < -0.4 is 14.8 Å². The fourth-order valence-corrected chi connectivity index (χ4v) is 3.39. The number of carbonyl (C=O) groups excluding carboxylic acids is 1. The third-order valence-corrected chi connectivity index (χ3v) is 4.85. The van der Waals surface area contributed by atoms with Gasteiger partial charge in [0.25, 0.3) is 0 Å². The van der Waals surface area contributed by atoms with Gasteiger partial charge in [0, 0.05) is 18.8 Å². The highest BCUT2D eigenvalue weighted by atomic mass is 35.5. The van der Waals surface area contributed by atoms with Crippen LogP contribution in [-0.4, -0.2) is 38.1 Å². The van der Waals surface area contributed by atoms with Crippen molar-refractivity contribution in [3.05, 3.63) is 52.0 Å². The van der Waals surface area contributed by atoms with Gasteiger partial charge < -0.3 is 14.8 Å². The van der Waals surface area contributed by atoms with Crippen LogP contribution in [0.1, 0.15) is 16.7 Å². The minimum Gasteiger partial charge on any atom is -0.493 e. The van der Waals surface area contributed by atoms with E-state index in [4.69, 9.17) is 26.3 Å². The molecule has 6 nitrogen and oxygen atoms in total.